The predicted octanol–water partition coefficient (Wildman–Crippen LogP) is 7.22. The van der Waals surface area contributed by atoms with Gasteiger partial charge in [-0.2, -0.15) is 0 Å². The normalized spacial score (nSPS) is 37.8. The molecule has 0 aromatic carbocycles. The second-order valence-electron chi connectivity index (χ2n) is 12.0. The van der Waals surface area contributed by atoms with Crippen molar-refractivity contribution in [3.05, 3.63) is 0 Å². The molecule has 2 unspecified atom stereocenters. The molecule has 170 valence electrons. The van der Waals surface area contributed by atoms with E-state index in [4.69, 9.17) is 0 Å². The monoisotopic (exact) mass is 414 g/mol. The van der Waals surface area contributed by atoms with E-state index in [2.05, 4.69) is 0 Å². The largest absolute Gasteiger partial charge is 0.381 e. The van der Waals surface area contributed by atoms with Crippen molar-refractivity contribution in [3.8, 4) is 0 Å². The van der Waals surface area contributed by atoms with Crippen molar-refractivity contribution in [3.63, 3.8) is 0 Å². The Morgan fingerprint density at radius 1 is 0.533 bits per heavy atom. The zero-order chi connectivity index (χ0) is 20.6. The van der Waals surface area contributed by atoms with Crippen molar-refractivity contribution in [1.29, 1.82) is 0 Å². The molecule has 0 spiro atoms. The summed E-state index contributed by atoms with van der Waals surface area (Å²) in [5.41, 5.74) is -1.13. The Morgan fingerprint density at radius 2 is 0.900 bits per heavy atom. The summed E-state index contributed by atoms with van der Waals surface area (Å²) in [7, 11) is 0. The van der Waals surface area contributed by atoms with Crippen molar-refractivity contribution < 1.29 is 9.90 Å². The van der Waals surface area contributed by atoms with Gasteiger partial charge in [-0.15, -0.1) is 0 Å². The first-order valence-corrected chi connectivity index (χ1v) is 14.0. The maximum atomic E-state index is 14.5. The number of rotatable bonds is 4. The van der Waals surface area contributed by atoms with Crippen LogP contribution in [0.15, 0.2) is 0 Å². The summed E-state index contributed by atoms with van der Waals surface area (Å²) >= 11 is 0. The maximum absolute atomic E-state index is 14.5. The van der Waals surface area contributed by atoms with E-state index in [1.807, 2.05) is 0 Å². The smallest absolute Gasteiger partial charge is 0.172 e. The molecule has 0 aromatic rings. The third-order valence-electron chi connectivity index (χ3n) is 10.7. The van der Waals surface area contributed by atoms with E-state index in [0.29, 0.717) is 23.5 Å². The zero-order valence-electron chi connectivity index (χ0n) is 19.4. The zero-order valence-corrected chi connectivity index (χ0v) is 19.4. The average Bonchev–Trinajstić information content (AvgIpc) is 2.83. The first kappa shape index (κ1) is 21.5. The molecule has 5 aliphatic rings. The molecule has 2 nitrogen and oxygen atoms in total. The molecule has 0 saturated heterocycles. The molecule has 0 aliphatic heterocycles. The lowest BCUT2D eigenvalue weighted by Crippen LogP contribution is -2.79. The van der Waals surface area contributed by atoms with Gasteiger partial charge in [0.05, 0.1) is 0 Å². The summed E-state index contributed by atoms with van der Waals surface area (Å²) < 4.78 is 0. The number of aliphatic hydroxyl groups is 1. The molecular formula is C28H46O2. The molecule has 0 radical (unpaired) electrons. The van der Waals surface area contributed by atoms with Crippen molar-refractivity contribution in [2.24, 2.45) is 35.0 Å². The van der Waals surface area contributed by atoms with Gasteiger partial charge in [0.15, 0.2) is 5.78 Å². The van der Waals surface area contributed by atoms with Gasteiger partial charge >= 0.3 is 0 Å². The SMILES string of the molecule is O=C1C(O)(C2CCCCC2)C(C2CCCCC2)C1(C1CCCCC1)C1CCCCC1. The van der Waals surface area contributed by atoms with E-state index in [1.165, 1.54) is 116 Å². The van der Waals surface area contributed by atoms with Crippen LogP contribution >= 0.6 is 0 Å². The van der Waals surface area contributed by atoms with E-state index < -0.39 is 5.60 Å². The molecule has 30 heavy (non-hydrogen) atoms. The minimum absolute atomic E-state index is 0.158. The summed E-state index contributed by atoms with van der Waals surface area (Å²) in [6.07, 6.45) is 25.4. The highest BCUT2D eigenvalue weighted by atomic mass is 16.3. The van der Waals surface area contributed by atoms with Crippen molar-refractivity contribution >= 4 is 5.78 Å². The number of carbonyl (C=O) groups excluding carboxylic acids is 1. The van der Waals surface area contributed by atoms with E-state index in [-0.39, 0.29) is 17.3 Å². The molecule has 1 N–H and O–H groups in total. The van der Waals surface area contributed by atoms with Crippen LogP contribution in [0.25, 0.3) is 0 Å². The van der Waals surface area contributed by atoms with Crippen LogP contribution in [0.3, 0.4) is 0 Å². The van der Waals surface area contributed by atoms with E-state index in [9.17, 15) is 9.90 Å². The van der Waals surface area contributed by atoms with Crippen LogP contribution in [0.5, 0.6) is 0 Å². The first-order chi connectivity index (χ1) is 14.7. The second-order valence-corrected chi connectivity index (χ2v) is 12.0. The summed E-state index contributed by atoms with van der Waals surface area (Å²) in [4.78, 5) is 14.5. The van der Waals surface area contributed by atoms with Gasteiger partial charge in [0.2, 0.25) is 0 Å². The number of hydrogen-bond acceptors (Lipinski definition) is 2. The third-order valence-corrected chi connectivity index (χ3v) is 10.7. The molecule has 2 heteroatoms. The molecule has 5 rings (SSSR count). The summed E-state index contributed by atoms with van der Waals surface area (Å²) in [6, 6.07) is 0. The van der Waals surface area contributed by atoms with Gasteiger partial charge in [0.25, 0.3) is 0 Å². The number of carbonyl (C=O) groups is 1. The molecular weight excluding hydrogens is 368 g/mol. The van der Waals surface area contributed by atoms with Crippen LogP contribution < -0.4 is 0 Å². The fourth-order valence-corrected chi connectivity index (χ4v) is 9.49. The topological polar surface area (TPSA) is 37.3 Å². The highest BCUT2D eigenvalue weighted by Crippen LogP contribution is 2.70. The fraction of sp³-hybridized carbons (Fsp3) is 0.964. The molecule has 0 bridgehead atoms. The Bertz CT molecular complexity index is 570. The van der Waals surface area contributed by atoms with Crippen LogP contribution in [0.2, 0.25) is 0 Å². The van der Waals surface area contributed by atoms with E-state index in [1.54, 1.807) is 0 Å². The van der Waals surface area contributed by atoms with Crippen LogP contribution in [-0.4, -0.2) is 16.5 Å². The molecule has 5 saturated carbocycles. The highest BCUT2D eigenvalue weighted by Gasteiger charge is 2.77. The fourth-order valence-electron chi connectivity index (χ4n) is 9.49. The van der Waals surface area contributed by atoms with Gasteiger partial charge in [-0.05, 0) is 62.2 Å². The Balaban J connectivity index is 1.56. The van der Waals surface area contributed by atoms with Crippen molar-refractivity contribution in [2.45, 2.75) is 134 Å². The maximum Gasteiger partial charge on any atom is 0.172 e. The van der Waals surface area contributed by atoms with Crippen LogP contribution in [-0.2, 0) is 4.79 Å². The Labute approximate surface area is 185 Å². The standard InChI is InChI=1S/C28H46O2/c29-26-27(22-15-7-2-8-16-22,23-17-9-3-10-18-23)25(21-13-5-1-6-14-21)28(26,30)24-19-11-4-12-20-24/h21-25,30H,1-20H2. The Morgan fingerprint density at radius 3 is 1.33 bits per heavy atom. The second kappa shape index (κ2) is 8.87. The van der Waals surface area contributed by atoms with Gasteiger partial charge in [-0.1, -0.05) is 89.9 Å². The molecule has 0 heterocycles. The average molecular weight is 415 g/mol. The van der Waals surface area contributed by atoms with Gasteiger partial charge in [0, 0.05) is 11.3 Å². The van der Waals surface area contributed by atoms with Gasteiger partial charge in [-0.3, -0.25) is 4.79 Å². The quantitative estimate of drug-likeness (QED) is 0.527. The first-order valence-electron chi connectivity index (χ1n) is 14.0. The summed E-state index contributed by atoms with van der Waals surface area (Å²) in [5.74, 6) is 2.65. The molecule has 5 fully saturated rings. The molecule has 0 aromatic heterocycles. The molecule has 2 atom stereocenters. The van der Waals surface area contributed by atoms with E-state index in [0.717, 1.165) is 12.8 Å². The summed E-state index contributed by atoms with van der Waals surface area (Å²) in [5, 5.41) is 12.4. The lowest BCUT2D eigenvalue weighted by atomic mass is 9.34. The van der Waals surface area contributed by atoms with Gasteiger partial charge in [-0.25, -0.2) is 0 Å². The van der Waals surface area contributed by atoms with Crippen LogP contribution in [0.4, 0.5) is 0 Å². The lowest BCUT2D eigenvalue weighted by molar-refractivity contribution is -0.254. The van der Waals surface area contributed by atoms with E-state index >= 15 is 0 Å². The minimum Gasteiger partial charge on any atom is -0.381 e. The van der Waals surface area contributed by atoms with Crippen molar-refractivity contribution in [1.82, 2.24) is 0 Å². The Hall–Kier alpha value is -0.370. The highest BCUT2D eigenvalue weighted by molar-refractivity contribution is 6.01. The van der Waals surface area contributed by atoms with Crippen molar-refractivity contribution in [2.75, 3.05) is 0 Å². The van der Waals surface area contributed by atoms with Crippen LogP contribution in [0, 0.1) is 35.0 Å². The lowest BCUT2D eigenvalue weighted by Gasteiger charge is -2.69. The minimum atomic E-state index is -0.975. The van der Waals surface area contributed by atoms with Crippen LogP contribution in [0.1, 0.15) is 128 Å². The van der Waals surface area contributed by atoms with Gasteiger partial charge in [0.1, 0.15) is 5.60 Å². The predicted molar refractivity (Wildman–Crippen MR) is 122 cm³/mol. The van der Waals surface area contributed by atoms with Gasteiger partial charge < -0.3 is 5.11 Å². The Kier molecular flexibility index (Phi) is 6.35. The number of Topliss-reactive ketones (excluding diaryl/α,β-unsaturated/α-hetero) is 1. The number of hydrogen-bond donors (Lipinski definition) is 1. The number of ketones is 1. The third kappa shape index (κ3) is 3.25. The molecule has 5 aliphatic carbocycles. The molecule has 0 amide bonds. The summed E-state index contributed by atoms with van der Waals surface area (Å²) in [6.45, 7) is 0.